The van der Waals surface area contributed by atoms with Crippen LogP contribution in [0.3, 0.4) is 0 Å². The first-order chi connectivity index (χ1) is 18.3. The zero-order valence-electron chi connectivity index (χ0n) is 20.2. The van der Waals surface area contributed by atoms with Crippen LogP contribution in [0.1, 0.15) is 21.9 Å². The van der Waals surface area contributed by atoms with Crippen LogP contribution >= 0.6 is 23.4 Å². The summed E-state index contributed by atoms with van der Waals surface area (Å²) in [7, 11) is 2.72. The van der Waals surface area contributed by atoms with Gasteiger partial charge in [-0.15, -0.1) is 0 Å². The molecule has 0 saturated carbocycles. The van der Waals surface area contributed by atoms with Crippen molar-refractivity contribution in [3.05, 3.63) is 81.6 Å². The first-order valence-electron chi connectivity index (χ1n) is 11.1. The van der Waals surface area contributed by atoms with E-state index in [4.69, 9.17) is 25.5 Å². The van der Waals surface area contributed by atoms with Gasteiger partial charge in [0.15, 0.2) is 11.5 Å². The lowest BCUT2D eigenvalue weighted by Gasteiger charge is -2.12. The average Bonchev–Trinajstić information content (AvgIpc) is 3.47. The summed E-state index contributed by atoms with van der Waals surface area (Å²) >= 11 is 6.65. The van der Waals surface area contributed by atoms with Crippen molar-refractivity contribution in [2.75, 3.05) is 26.1 Å². The minimum atomic E-state index is -0.593. The molecule has 1 aromatic heterocycles. The number of amides is 3. The quantitative estimate of drug-likeness (QED) is 0.287. The zero-order chi connectivity index (χ0) is 27.2. The van der Waals surface area contributed by atoms with Crippen LogP contribution < -0.4 is 14.8 Å². The maximum atomic E-state index is 12.8. The zero-order valence-corrected chi connectivity index (χ0v) is 21.8. The third-order valence-electron chi connectivity index (χ3n) is 5.19. The van der Waals surface area contributed by atoms with Crippen molar-refractivity contribution in [2.45, 2.75) is 6.61 Å². The molecule has 0 bridgehead atoms. The van der Waals surface area contributed by atoms with Crippen LogP contribution in [0.5, 0.6) is 11.5 Å². The third kappa shape index (κ3) is 6.36. The van der Waals surface area contributed by atoms with Crippen LogP contribution in [0.2, 0.25) is 5.02 Å². The fourth-order valence-electron chi connectivity index (χ4n) is 3.41. The van der Waals surface area contributed by atoms with Gasteiger partial charge in [0.25, 0.3) is 11.1 Å². The highest BCUT2D eigenvalue weighted by atomic mass is 35.5. The van der Waals surface area contributed by atoms with Crippen molar-refractivity contribution in [2.24, 2.45) is 0 Å². The van der Waals surface area contributed by atoms with Gasteiger partial charge in [0.2, 0.25) is 11.7 Å². The Bertz CT molecular complexity index is 1430. The molecule has 0 radical (unpaired) electrons. The van der Waals surface area contributed by atoms with Gasteiger partial charge < -0.3 is 23.9 Å². The molecule has 1 aliphatic heterocycles. The van der Waals surface area contributed by atoms with E-state index >= 15 is 0 Å². The third-order valence-corrected chi connectivity index (χ3v) is 6.33. The van der Waals surface area contributed by atoms with E-state index in [1.807, 2.05) is 0 Å². The summed E-state index contributed by atoms with van der Waals surface area (Å²) in [4.78, 5) is 50.2. The van der Waals surface area contributed by atoms with E-state index in [9.17, 15) is 19.2 Å². The number of ether oxygens (including phenoxy) is 3. The van der Waals surface area contributed by atoms with Crippen molar-refractivity contribution in [3.8, 4) is 11.5 Å². The second-order valence-corrected chi connectivity index (χ2v) is 9.21. The van der Waals surface area contributed by atoms with E-state index in [1.54, 1.807) is 48.5 Å². The normalized spacial score (nSPS) is 14.1. The topological polar surface area (TPSA) is 124 Å². The molecule has 0 spiro atoms. The molecule has 0 atom stereocenters. The second-order valence-electron chi connectivity index (χ2n) is 7.78. The van der Waals surface area contributed by atoms with E-state index in [-0.39, 0.29) is 17.3 Å². The molecular weight excluding hydrogens is 536 g/mol. The predicted molar refractivity (Wildman–Crippen MR) is 140 cm³/mol. The van der Waals surface area contributed by atoms with Crippen molar-refractivity contribution in [1.29, 1.82) is 0 Å². The number of benzene rings is 2. The number of esters is 1. The van der Waals surface area contributed by atoms with Gasteiger partial charge in [0.05, 0.1) is 19.1 Å². The second kappa shape index (κ2) is 11.9. The summed E-state index contributed by atoms with van der Waals surface area (Å²) < 4.78 is 21.1. The molecule has 3 aromatic rings. The lowest BCUT2D eigenvalue weighted by Crippen LogP contribution is -2.36. The van der Waals surface area contributed by atoms with E-state index in [0.29, 0.717) is 33.5 Å². The standard InChI is InChI=1S/C26H21ClN2O8S/c1-34-21-10-15(6-8-19(21)36-14-18-7-9-20(37-18)25(32)35-2)11-22-24(31)29(26(33)38-22)13-23(30)28-17-5-3-4-16(27)12-17/h3-12H,13-14H2,1-2H3,(H,28,30). The Hall–Kier alpha value is -4.22. The Balaban J connectivity index is 1.41. The number of imide groups is 1. The average molecular weight is 557 g/mol. The Morgan fingerprint density at radius 3 is 2.63 bits per heavy atom. The van der Waals surface area contributed by atoms with Gasteiger partial charge in [-0.1, -0.05) is 23.7 Å². The number of furan rings is 1. The molecule has 1 aliphatic rings. The molecule has 2 aromatic carbocycles. The lowest BCUT2D eigenvalue weighted by atomic mass is 10.2. The van der Waals surface area contributed by atoms with Crippen molar-refractivity contribution in [1.82, 2.24) is 4.90 Å². The fourth-order valence-corrected chi connectivity index (χ4v) is 4.43. The molecule has 1 saturated heterocycles. The van der Waals surface area contributed by atoms with Gasteiger partial charge in [0.1, 0.15) is 18.9 Å². The molecule has 3 amide bonds. The minimum absolute atomic E-state index is 0.0306. The Morgan fingerprint density at radius 1 is 1.08 bits per heavy atom. The number of carbonyl (C=O) groups excluding carboxylic acids is 4. The van der Waals surface area contributed by atoms with Gasteiger partial charge in [-0.3, -0.25) is 19.3 Å². The van der Waals surface area contributed by atoms with Crippen LogP contribution in [0.25, 0.3) is 6.08 Å². The molecule has 1 fully saturated rings. The van der Waals surface area contributed by atoms with E-state index in [0.717, 1.165) is 16.7 Å². The van der Waals surface area contributed by atoms with Crippen molar-refractivity contribution < 1.29 is 37.8 Å². The van der Waals surface area contributed by atoms with Crippen LogP contribution in [-0.4, -0.2) is 48.7 Å². The van der Waals surface area contributed by atoms with Crippen molar-refractivity contribution >= 4 is 58.1 Å². The van der Waals surface area contributed by atoms with Crippen LogP contribution in [-0.2, 0) is 20.9 Å². The highest BCUT2D eigenvalue weighted by molar-refractivity contribution is 8.18. The van der Waals surface area contributed by atoms with Gasteiger partial charge in [-0.25, -0.2) is 4.79 Å². The molecule has 12 heteroatoms. The maximum Gasteiger partial charge on any atom is 0.373 e. The monoisotopic (exact) mass is 556 g/mol. The highest BCUT2D eigenvalue weighted by Crippen LogP contribution is 2.35. The molecule has 38 heavy (non-hydrogen) atoms. The van der Waals surface area contributed by atoms with Gasteiger partial charge in [-0.2, -0.15) is 0 Å². The number of halogens is 1. The Kier molecular flexibility index (Phi) is 8.39. The van der Waals surface area contributed by atoms with E-state index in [1.165, 1.54) is 26.4 Å². The Labute approximate surface area is 226 Å². The largest absolute Gasteiger partial charge is 0.493 e. The van der Waals surface area contributed by atoms with E-state index < -0.39 is 29.6 Å². The number of methoxy groups -OCH3 is 2. The minimum Gasteiger partial charge on any atom is -0.493 e. The smallest absolute Gasteiger partial charge is 0.373 e. The molecular formula is C26H21ClN2O8S. The van der Waals surface area contributed by atoms with Crippen molar-refractivity contribution in [3.63, 3.8) is 0 Å². The van der Waals surface area contributed by atoms with Crippen LogP contribution in [0, 0.1) is 0 Å². The lowest BCUT2D eigenvalue weighted by molar-refractivity contribution is -0.127. The molecule has 10 nitrogen and oxygen atoms in total. The summed E-state index contributed by atoms with van der Waals surface area (Å²) in [5.41, 5.74) is 1.03. The fraction of sp³-hybridized carbons (Fsp3) is 0.154. The molecule has 196 valence electrons. The molecule has 2 heterocycles. The molecule has 4 rings (SSSR count). The highest BCUT2D eigenvalue weighted by Gasteiger charge is 2.36. The number of hydrogen-bond donors (Lipinski definition) is 1. The molecule has 0 unspecified atom stereocenters. The number of nitrogens with one attached hydrogen (secondary N) is 1. The summed E-state index contributed by atoms with van der Waals surface area (Å²) in [6.45, 7) is -0.405. The SMILES string of the molecule is COC(=O)c1ccc(COc2ccc(C=C3SC(=O)N(CC(=O)Nc4cccc(Cl)c4)C3=O)cc2OC)o1. The number of hydrogen-bond acceptors (Lipinski definition) is 9. The number of thioether (sulfide) groups is 1. The first-order valence-corrected chi connectivity index (χ1v) is 12.3. The van der Waals surface area contributed by atoms with Gasteiger partial charge in [0, 0.05) is 10.7 Å². The predicted octanol–water partition coefficient (Wildman–Crippen LogP) is 4.98. The Morgan fingerprint density at radius 2 is 1.89 bits per heavy atom. The van der Waals surface area contributed by atoms with Crippen LogP contribution in [0.15, 0.2) is 63.9 Å². The molecule has 1 N–H and O–H groups in total. The van der Waals surface area contributed by atoms with Crippen LogP contribution in [0.4, 0.5) is 10.5 Å². The maximum absolute atomic E-state index is 12.8. The molecule has 0 aliphatic carbocycles. The summed E-state index contributed by atoms with van der Waals surface area (Å²) in [6, 6.07) is 14.6. The number of carbonyl (C=O) groups is 4. The van der Waals surface area contributed by atoms with E-state index in [2.05, 4.69) is 10.1 Å². The van der Waals surface area contributed by atoms with Gasteiger partial charge >= 0.3 is 5.97 Å². The summed E-state index contributed by atoms with van der Waals surface area (Å²) in [5, 5.41) is 2.50. The number of rotatable bonds is 9. The summed E-state index contributed by atoms with van der Waals surface area (Å²) in [6.07, 6.45) is 1.53. The number of anilines is 1. The first kappa shape index (κ1) is 26.8. The van der Waals surface area contributed by atoms with Gasteiger partial charge in [-0.05, 0) is 65.9 Å². The number of nitrogens with zero attached hydrogens (tertiary/aromatic N) is 1. The summed E-state index contributed by atoms with van der Waals surface area (Å²) in [5.74, 6) is -0.475.